The molecule has 126 valence electrons. The van der Waals surface area contributed by atoms with Gasteiger partial charge >= 0.3 is 6.03 Å². The van der Waals surface area contributed by atoms with Crippen molar-refractivity contribution in [2.75, 3.05) is 6.54 Å². The predicted octanol–water partition coefficient (Wildman–Crippen LogP) is 2.40. The Labute approximate surface area is 149 Å². The van der Waals surface area contributed by atoms with E-state index in [1.807, 2.05) is 31.2 Å². The number of carbonyl (C=O) groups excluding carboxylic acids is 1. The van der Waals surface area contributed by atoms with Gasteiger partial charge in [-0.1, -0.05) is 15.9 Å². The molecule has 4 aromatic rings. The number of hydrogen-bond acceptors (Lipinski definition) is 4. The third-order valence-corrected chi connectivity index (χ3v) is 4.39. The molecule has 0 atom stereocenters. The summed E-state index contributed by atoms with van der Waals surface area (Å²) < 4.78 is 3.56. The number of H-pyrrole nitrogens is 1. The van der Waals surface area contributed by atoms with Crippen LogP contribution in [0.25, 0.3) is 27.6 Å². The minimum atomic E-state index is -0.362. The number of hydrogen-bond donors (Lipinski definition) is 2. The molecule has 0 aliphatic heterocycles. The monoisotopic (exact) mass is 400 g/mol. The van der Waals surface area contributed by atoms with Crippen molar-refractivity contribution < 1.29 is 4.79 Å². The summed E-state index contributed by atoms with van der Waals surface area (Å²) in [5, 5.41) is 10.9. The molecule has 25 heavy (non-hydrogen) atoms. The van der Waals surface area contributed by atoms with Gasteiger partial charge < -0.3 is 5.32 Å². The predicted molar refractivity (Wildman–Crippen MR) is 97.2 cm³/mol. The number of benzene rings is 1. The van der Waals surface area contributed by atoms with E-state index in [0.29, 0.717) is 34.2 Å². The third-order valence-electron chi connectivity index (χ3n) is 3.86. The summed E-state index contributed by atoms with van der Waals surface area (Å²) in [6.07, 6.45) is 2.99. The zero-order valence-corrected chi connectivity index (χ0v) is 14.7. The number of amides is 1. The van der Waals surface area contributed by atoms with Crippen molar-refractivity contribution >= 4 is 43.9 Å². The highest BCUT2D eigenvalue weighted by atomic mass is 79.9. The number of aromatic amines is 1. The molecule has 0 bridgehead atoms. The Hall–Kier alpha value is -2.94. The van der Waals surface area contributed by atoms with Crippen LogP contribution in [0.3, 0.4) is 0 Å². The van der Waals surface area contributed by atoms with Gasteiger partial charge in [0, 0.05) is 17.2 Å². The first kappa shape index (κ1) is 15.6. The lowest BCUT2D eigenvalue weighted by Gasteiger charge is -2.01. The molecule has 1 amide bonds. The maximum atomic E-state index is 12.7. The van der Waals surface area contributed by atoms with E-state index < -0.39 is 0 Å². The van der Waals surface area contributed by atoms with Crippen LogP contribution in [0.1, 0.15) is 6.92 Å². The molecule has 0 radical (unpaired) electrons. The number of carbonyl (C=O) groups is 1. The van der Waals surface area contributed by atoms with Crippen molar-refractivity contribution in [2.24, 2.45) is 0 Å². The number of fused-ring (bicyclic) bond motifs is 3. The van der Waals surface area contributed by atoms with Gasteiger partial charge in [-0.05, 0) is 31.2 Å². The molecule has 0 fully saturated rings. The second kappa shape index (κ2) is 5.85. The Bertz CT molecular complexity index is 1160. The molecule has 3 heterocycles. The summed E-state index contributed by atoms with van der Waals surface area (Å²) in [4.78, 5) is 29.0. The second-order valence-electron chi connectivity index (χ2n) is 5.40. The lowest BCUT2D eigenvalue weighted by atomic mass is 10.2. The van der Waals surface area contributed by atoms with Gasteiger partial charge in [0.2, 0.25) is 0 Å². The van der Waals surface area contributed by atoms with Crippen molar-refractivity contribution in [1.82, 2.24) is 29.9 Å². The Balaban J connectivity index is 1.94. The van der Waals surface area contributed by atoms with Crippen LogP contribution >= 0.6 is 15.9 Å². The van der Waals surface area contributed by atoms with E-state index in [9.17, 15) is 9.59 Å². The summed E-state index contributed by atoms with van der Waals surface area (Å²) in [5.74, 6) is 0. The summed E-state index contributed by atoms with van der Waals surface area (Å²) in [6, 6.07) is 6.99. The van der Waals surface area contributed by atoms with Gasteiger partial charge in [0.1, 0.15) is 0 Å². The van der Waals surface area contributed by atoms with Gasteiger partial charge in [0.25, 0.3) is 5.56 Å². The third kappa shape index (κ3) is 2.43. The summed E-state index contributed by atoms with van der Waals surface area (Å²) in [5.41, 5.74) is 1.47. The average molecular weight is 401 g/mol. The van der Waals surface area contributed by atoms with Gasteiger partial charge in [0.15, 0.2) is 5.65 Å². The smallest absolute Gasteiger partial charge is 0.336 e. The van der Waals surface area contributed by atoms with Crippen molar-refractivity contribution in [1.29, 1.82) is 0 Å². The number of nitrogens with one attached hydrogen (secondary N) is 2. The van der Waals surface area contributed by atoms with Crippen molar-refractivity contribution in [2.45, 2.75) is 6.92 Å². The number of rotatable bonds is 2. The first-order valence-corrected chi connectivity index (χ1v) is 8.41. The highest BCUT2D eigenvalue weighted by Crippen LogP contribution is 2.21. The van der Waals surface area contributed by atoms with Gasteiger partial charge in [-0.2, -0.15) is 9.78 Å². The van der Waals surface area contributed by atoms with Gasteiger partial charge in [-0.25, -0.2) is 14.5 Å². The average Bonchev–Trinajstić information content (AvgIpc) is 3.17. The van der Waals surface area contributed by atoms with Gasteiger partial charge in [-0.3, -0.25) is 9.89 Å². The van der Waals surface area contributed by atoms with Crippen LogP contribution in [0.4, 0.5) is 4.79 Å². The van der Waals surface area contributed by atoms with E-state index >= 15 is 0 Å². The molecule has 0 unspecified atom stereocenters. The van der Waals surface area contributed by atoms with E-state index in [4.69, 9.17) is 0 Å². The minimum Gasteiger partial charge on any atom is -0.336 e. The Kier molecular flexibility index (Phi) is 3.65. The number of aromatic nitrogens is 5. The molecule has 0 aliphatic carbocycles. The highest BCUT2D eigenvalue weighted by Gasteiger charge is 2.17. The Morgan fingerprint density at radius 2 is 2.00 bits per heavy atom. The van der Waals surface area contributed by atoms with E-state index in [1.54, 1.807) is 0 Å². The molecule has 4 rings (SSSR count). The first-order valence-electron chi connectivity index (χ1n) is 7.61. The summed E-state index contributed by atoms with van der Waals surface area (Å²) in [7, 11) is 0. The Morgan fingerprint density at radius 3 is 2.72 bits per heavy atom. The molecule has 0 saturated carbocycles. The number of halogens is 1. The maximum absolute atomic E-state index is 12.7. The van der Waals surface area contributed by atoms with Crippen LogP contribution in [0.2, 0.25) is 0 Å². The molecular formula is C16H13BrN6O2. The lowest BCUT2D eigenvalue weighted by Crippen LogP contribution is -2.29. The zero-order valence-electron chi connectivity index (χ0n) is 13.2. The molecule has 8 nitrogen and oxygen atoms in total. The molecule has 0 spiro atoms. The minimum absolute atomic E-state index is 0.211. The first-order chi connectivity index (χ1) is 12.1. The summed E-state index contributed by atoms with van der Waals surface area (Å²) >= 11 is 3.38. The van der Waals surface area contributed by atoms with Crippen LogP contribution in [0, 0.1) is 0 Å². The highest BCUT2D eigenvalue weighted by molar-refractivity contribution is 9.10. The van der Waals surface area contributed by atoms with Gasteiger partial charge in [0.05, 0.1) is 28.2 Å². The number of pyridine rings is 1. The van der Waals surface area contributed by atoms with Gasteiger partial charge in [-0.15, -0.1) is 0 Å². The molecule has 3 aromatic heterocycles. The quantitative estimate of drug-likeness (QED) is 0.539. The largest absolute Gasteiger partial charge is 0.344 e. The van der Waals surface area contributed by atoms with Crippen LogP contribution in [-0.2, 0) is 0 Å². The van der Waals surface area contributed by atoms with E-state index in [1.165, 1.54) is 21.8 Å². The lowest BCUT2D eigenvalue weighted by molar-refractivity contribution is 0.241. The van der Waals surface area contributed by atoms with Crippen LogP contribution in [-0.4, -0.2) is 37.1 Å². The maximum Gasteiger partial charge on any atom is 0.344 e. The van der Waals surface area contributed by atoms with Crippen molar-refractivity contribution in [3.05, 3.63) is 51.5 Å². The van der Waals surface area contributed by atoms with Crippen LogP contribution in [0.15, 0.2) is 45.9 Å². The van der Waals surface area contributed by atoms with Crippen molar-refractivity contribution in [3.63, 3.8) is 0 Å². The molecule has 0 aliphatic rings. The molecule has 2 N–H and O–H groups in total. The SMILES string of the molecule is CCNC(=O)n1ncc2c3[nH]n(-c4ccc(Br)cc4)c(=O)c3cnc21. The van der Waals surface area contributed by atoms with Crippen LogP contribution < -0.4 is 10.9 Å². The van der Waals surface area contributed by atoms with E-state index in [0.717, 1.165) is 4.47 Å². The molecule has 1 aromatic carbocycles. The summed E-state index contributed by atoms with van der Waals surface area (Å²) in [6.45, 7) is 2.31. The fraction of sp³-hybridized carbons (Fsp3) is 0.125. The normalized spacial score (nSPS) is 11.3. The Morgan fingerprint density at radius 1 is 1.24 bits per heavy atom. The van der Waals surface area contributed by atoms with E-state index in [-0.39, 0.29) is 11.6 Å². The fourth-order valence-corrected chi connectivity index (χ4v) is 2.95. The van der Waals surface area contributed by atoms with E-state index in [2.05, 4.69) is 36.4 Å². The van der Waals surface area contributed by atoms with Crippen LogP contribution in [0.5, 0.6) is 0 Å². The molecular weight excluding hydrogens is 388 g/mol. The molecule has 0 saturated heterocycles. The fourth-order valence-electron chi connectivity index (χ4n) is 2.69. The molecule has 9 heteroatoms. The second-order valence-corrected chi connectivity index (χ2v) is 6.32. The number of nitrogens with zero attached hydrogens (tertiary/aromatic N) is 4. The standard InChI is InChI=1S/C16H13BrN6O2/c1-2-18-16(25)23-14-11(8-20-23)13-12(7-19-14)15(24)22(21-13)10-5-3-9(17)4-6-10/h3-8,21H,2H2,1H3,(H,18,25). The topological polar surface area (TPSA) is 97.6 Å². The van der Waals surface area contributed by atoms with Crippen molar-refractivity contribution in [3.8, 4) is 5.69 Å². The zero-order chi connectivity index (χ0) is 17.6.